The van der Waals surface area contributed by atoms with E-state index in [-0.39, 0.29) is 24.2 Å². The number of aliphatic hydroxyl groups is 1. The van der Waals surface area contributed by atoms with Crippen LogP contribution in [0.5, 0.6) is 11.5 Å². The molecular formula is C22H19F3O3. The van der Waals surface area contributed by atoms with Gasteiger partial charge in [-0.2, -0.15) is 13.2 Å². The van der Waals surface area contributed by atoms with E-state index in [1.807, 2.05) is 30.3 Å². The summed E-state index contributed by atoms with van der Waals surface area (Å²) in [7, 11) is 0. The molecule has 1 heterocycles. The van der Waals surface area contributed by atoms with E-state index in [4.69, 9.17) is 9.47 Å². The molecule has 0 saturated carbocycles. The molecule has 3 aromatic rings. The van der Waals surface area contributed by atoms with Gasteiger partial charge in [-0.15, -0.1) is 0 Å². The van der Waals surface area contributed by atoms with Crippen LogP contribution < -0.4 is 4.74 Å². The number of hydrogen-bond donors (Lipinski definition) is 1. The molecule has 0 spiro atoms. The summed E-state index contributed by atoms with van der Waals surface area (Å²) < 4.78 is 51.3. The minimum absolute atomic E-state index is 0.0417. The van der Waals surface area contributed by atoms with Crippen molar-refractivity contribution >= 4 is 10.8 Å². The van der Waals surface area contributed by atoms with E-state index in [1.165, 1.54) is 6.07 Å². The smallest absolute Gasteiger partial charge is 0.416 e. The molecule has 1 aliphatic rings. The summed E-state index contributed by atoms with van der Waals surface area (Å²) in [4.78, 5) is 0. The maximum absolute atomic E-state index is 13.4. The third-order valence-corrected chi connectivity index (χ3v) is 5.05. The SMILES string of the molecule is OC1(c2cc(Oc3ccc4ccccc4c3)cc(C(F)(F)F)c2)CCOCC1. The van der Waals surface area contributed by atoms with Crippen LogP contribution in [-0.4, -0.2) is 18.3 Å². The summed E-state index contributed by atoms with van der Waals surface area (Å²) in [6.45, 7) is 0.598. The normalized spacial score (nSPS) is 16.9. The molecule has 0 amide bonds. The molecule has 1 N–H and O–H groups in total. The highest BCUT2D eigenvalue weighted by Crippen LogP contribution is 2.40. The van der Waals surface area contributed by atoms with E-state index < -0.39 is 17.3 Å². The van der Waals surface area contributed by atoms with Crippen LogP contribution in [0.2, 0.25) is 0 Å². The molecule has 6 heteroatoms. The Morgan fingerprint density at radius 1 is 0.857 bits per heavy atom. The quantitative estimate of drug-likeness (QED) is 0.630. The number of hydrogen-bond acceptors (Lipinski definition) is 3. The van der Waals surface area contributed by atoms with Crippen molar-refractivity contribution in [2.45, 2.75) is 24.6 Å². The molecule has 3 nitrogen and oxygen atoms in total. The van der Waals surface area contributed by atoms with Gasteiger partial charge in [0.25, 0.3) is 0 Å². The van der Waals surface area contributed by atoms with Gasteiger partial charge in [-0.25, -0.2) is 0 Å². The average molecular weight is 388 g/mol. The zero-order valence-electron chi connectivity index (χ0n) is 15.0. The molecule has 0 radical (unpaired) electrons. The Labute approximate surface area is 160 Å². The first-order chi connectivity index (χ1) is 13.3. The highest BCUT2D eigenvalue weighted by atomic mass is 19.4. The van der Waals surface area contributed by atoms with Crippen LogP contribution in [0, 0.1) is 0 Å². The fourth-order valence-corrected chi connectivity index (χ4v) is 3.46. The Hall–Kier alpha value is -2.57. The lowest BCUT2D eigenvalue weighted by Crippen LogP contribution is -2.33. The molecule has 4 rings (SSSR count). The van der Waals surface area contributed by atoms with Crippen molar-refractivity contribution < 1.29 is 27.8 Å². The third kappa shape index (κ3) is 3.84. The summed E-state index contributed by atoms with van der Waals surface area (Å²) >= 11 is 0. The molecule has 28 heavy (non-hydrogen) atoms. The molecule has 146 valence electrons. The Bertz CT molecular complexity index is 992. The first-order valence-corrected chi connectivity index (χ1v) is 9.03. The fraction of sp³-hybridized carbons (Fsp3) is 0.273. The van der Waals surface area contributed by atoms with E-state index in [0.717, 1.165) is 22.9 Å². The molecular weight excluding hydrogens is 369 g/mol. The number of alkyl halides is 3. The predicted octanol–water partition coefficient (Wildman–Crippen LogP) is 5.65. The van der Waals surface area contributed by atoms with E-state index >= 15 is 0 Å². The van der Waals surface area contributed by atoms with Gasteiger partial charge in [0, 0.05) is 26.1 Å². The van der Waals surface area contributed by atoms with E-state index in [1.54, 1.807) is 12.1 Å². The third-order valence-electron chi connectivity index (χ3n) is 5.05. The lowest BCUT2D eigenvalue weighted by Gasteiger charge is -2.33. The van der Waals surface area contributed by atoms with Gasteiger partial charge in [0.15, 0.2) is 0 Å². The lowest BCUT2D eigenvalue weighted by atomic mass is 9.85. The molecule has 1 saturated heterocycles. The summed E-state index contributed by atoms with van der Waals surface area (Å²) in [6, 6.07) is 16.4. The van der Waals surface area contributed by atoms with Crippen LogP contribution in [0.25, 0.3) is 10.8 Å². The number of ether oxygens (including phenoxy) is 2. The summed E-state index contributed by atoms with van der Waals surface area (Å²) in [5.74, 6) is 0.475. The second kappa shape index (κ2) is 7.11. The lowest BCUT2D eigenvalue weighted by molar-refractivity contribution is -0.138. The Balaban J connectivity index is 1.73. The first kappa shape index (κ1) is 18.8. The monoisotopic (exact) mass is 388 g/mol. The minimum atomic E-state index is -4.54. The molecule has 0 atom stereocenters. The topological polar surface area (TPSA) is 38.7 Å². The average Bonchev–Trinajstić information content (AvgIpc) is 2.67. The van der Waals surface area contributed by atoms with Crippen LogP contribution in [0.3, 0.4) is 0 Å². The fourth-order valence-electron chi connectivity index (χ4n) is 3.46. The van der Waals surface area contributed by atoms with Gasteiger partial charge in [-0.1, -0.05) is 30.3 Å². The van der Waals surface area contributed by atoms with Gasteiger partial charge in [-0.3, -0.25) is 0 Å². The van der Waals surface area contributed by atoms with Crippen molar-refractivity contribution in [3.05, 3.63) is 71.8 Å². The van der Waals surface area contributed by atoms with Crippen molar-refractivity contribution in [1.29, 1.82) is 0 Å². The number of rotatable bonds is 3. The van der Waals surface area contributed by atoms with Crippen LogP contribution >= 0.6 is 0 Å². The molecule has 0 aliphatic carbocycles. The van der Waals surface area contributed by atoms with E-state index in [0.29, 0.717) is 19.0 Å². The van der Waals surface area contributed by atoms with E-state index in [2.05, 4.69) is 0 Å². The molecule has 3 aromatic carbocycles. The Morgan fingerprint density at radius 3 is 2.29 bits per heavy atom. The molecule has 1 fully saturated rings. The van der Waals surface area contributed by atoms with Gasteiger partial charge < -0.3 is 14.6 Å². The molecule has 1 aliphatic heterocycles. The summed E-state index contributed by atoms with van der Waals surface area (Å²) in [6.07, 6.45) is -4.06. The van der Waals surface area contributed by atoms with Gasteiger partial charge in [0.05, 0.1) is 11.2 Å². The number of halogens is 3. The largest absolute Gasteiger partial charge is 0.457 e. The van der Waals surface area contributed by atoms with Crippen LogP contribution in [-0.2, 0) is 16.5 Å². The van der Waals surface area contributed by atoms with Gasteiger partial charge in [0.2, 0.25) is 0 Å². The van der Waals surface area contributed by atoms with Crippen LogP contribution in [0.15, 0.2) is 60.7 Å². The summed E-state index contributed by atoms with van der Waals surface area (Å²) in [5, 5.41) is 12.8. The second-order valence-corrected chi connectivity index (χ2v) is 7.00. The number of fused-ring (bicyclic) bond motifs is 1. The van der Waals surface area contributed by atoms with Crippen molar-refractivity contribution in [2.75, 3.05) is 13.2 Å². The Morgan fingerprint density at radius 2 is 1.57 bits per heavy atom. The van der Waals surface area contributed by atoms with E-state index in [9.17, 15) is 18.3 Å². The van der Waals surface area contributed by atoms with Crippen molar-refractivity contribution in [1.82, 2.24) is 0 Å². The molecule has 0 unspecified atom stereocenters. The van der Waals surface area contributed by atoms with Gasteiger partial charge in [0.1, 0.15) is 11.5 Å². The zero-order valence-corrected chi connectivity index (χ0v) is 15.0. The highest BCUT2D eigenvalue weighted by Gasteiger charge is 2.37. The van der Waals surface area contributed by atoms with Crippen LogP contribution in [0.1, 0.15) is 24.0 Å². The first-order valence-electron chi connectivity index (χ1n) is 9.03. The zero-order chi connectivity index (χ0) is 19.8. The van der Waals surface area contributed by atoms with Crippen molar-refractivity contribution in [2.24, 2.45) is 0 Å². The molecule has 0 bridgehead atoms. The summed E-state index contributed by atoms with van der Waals surface area (Å²) in [5.41, 5.74) is -2.01. The van der Waals surface area contributed by atoms with Crippen molar-refractivity contribution in [3.63, 3.8) is 0 Å². The van der Waals surface area contributed by atoms with Crippen LogP contribution in [0.4, 0.5) is 13.2 Å². The number of benzene rings is 3. The van der Waals surface area contributed by atoms with Gasteiger partial charge >= 0.3 is 6.18 Å². The Kier molecular flexibility index (Phi) is 4.77. The van der Waals surface area contributed by atoms with Gasteiger partial charge in [-0.05, 0) is 46.7 Å². The van der Waals surface area contributed by atoms with Crippen molar-refractivity contribution in [3.8, 4) is 11.5 Å². The maximum Gasteiger partial charge on any atom is 0.416 e. The maximum atomic E-state index is 13.4. The minimum Gasteiger partial charge on any atom is -0.457 e. The predicted molar refractivity (Wildman–Crippen MR) is 99.4 cm³/mol. The standard InChI is InChI=1S/C22H19F3O3/c23-22(24,25)18-12-17(21(26)7-9-27-10-8-21)13-20(14-18)28-19-6-5-15-3-1-2-4-16(15)11-19/h1-6,11-14,26H,7-10H2. The highest BCUT2D eigenvalue weighted by molar-refractivity contribution is 5.83. The molecule has 0 aromatic heterocycles. The second-order valence-electron chi connectivity index (χ2n) is 7.00.